The number of sulfonamides is 1. The first-order valence-corrected chi connectivity index (χ1v) is 12.6. The van der Waals surface area contributed by atoms with Gasteiger partial charge in [0, 0.05) is 30.9 Å². The Morgan fingerprint density at radius 3 is 2.46 bits per heavy atom. The number of benzene rings is 4. The number of nitrogens with zero attached hydrogens (tertiary/aromatic N) is 1. The van der Waals surface area contributed by atoms with Gasteiger partial charge in [0.05, 0.1) is 4.90 Å². The van der Waals surface area contributed by atoms with Crippen LogP contribution in [0.5, 0.6) is 11.5 Å². The maximum atomic E-state index is 13.1. The maximum Gasteiger partial charge on any atom is 0.262 e. The normalized spacial score (nSPS) is 12.8. The molecule has 35 heavy (non-hydrogen) atoms. The number of nitrogens with one attached hydrogen (secondary N) is 1. The first kappa shape index (κ1) is 22.7. The molecule has 178 valence electrons. The lowest BCUT2D eigenvalue weighted by atomic mass is 10.1. The van der Waals surface area contributed by atoms with Crippen LogP contribution in [0.25, 0.3) is 10.8 Å². The molecule has 1 heterocycles. The van der Waals surface area contributed by atoms with Crippen LogP contribution in [0.3, 0.4) is 0 Å². The molecule has 1 aliphatic heterocycles. The van der Waals surface area contributed by atoms with E-state index in [-0.39, 0.29) is 10.8 Å². The molecule has 0 atom stereocenters. The summed E-state index contributed by atoms with van der Waals surface area (Å²) in [6.45, 7) is 1.21. The number of anilines is 1. The molecule has 0 unspecified atom stereocenters. The summed E-state index contributed by atoms with van der Waals surface area (Å²) in [5, 5.41) is 2.25. The fourth-order valence-corrected chi connectivity index (χ4v) is 5.09. The topological polar surface area (TPSA) is 84.9 Å². The molecule has 5 rings (SSSR count). The Kier molecular flexibility index (Phi) is 6.05. The van der Waals surface area contributed by atoms with Crippen LogP contribution >= 0.6 is 0 Å². The summed E-state index contributed by atoms with van der Waals surface area (Å²) in [6, 6.07) is 25.1. The molecule has 0 bridgehead atoms. The highest BCUT2D eigenvalue weighted by atomic mass is 32.2. The summed E-state index contributed by atoms with van der Waals surface area (Å²) < 4.78 is 39.4. The second-order valence-electron chi connectivity index (χ2n) is 8.33. The van der Waals surface area contributed by atoms with E-state index in [9.17, 15) is 13.2 Å². The highest BCUT2D eigenvalue weighted by Gasteiger charge is 2.20. The molecular formula is C27H24N2O5S. The van der Waals surface area contributed by atoms with Gasteiger partial charge in [-0.1, -0.05) is 42.5 Å². The van der Waals surface area contributed by atoms with E-state index in [1.54, 1.807) is 36.2 Å². The van der Waals surface area contributed by atoms with Crippen LogP contribution < -0.4 is 14.2 Å². The molecule has 0 saturated carbocycles. The van der Waals surface area contributed by atoms with Gasteiger partial charge in [-0.05, 0) is 52.7 Å². The lowest BCUT2D eigenvalue weighted by molar-refractivity contribution is 0.0785. The van der Waals surface area contributed by atoms with Crippen molar-refractivity contribution < 1.29 is 22.7 Å². The molecule has 1 amide bonds. The van der Waals surface area contributed by atoms with Crippen molar-refractivity contribution >= 4 is 32.4 Å². The van der Waals surface area contributed by atoms with Crippen LogP contribution in [0.15, 0.2) is 89.8 Å². The average molecular weight is 489 g/mol. The second kappa shape index (κ2) is 9.31. The van der Waals surface area contributed by atoms with E-state index >= 15 is 0 Å². The van der Waals surface area contributed by atoms with Gasteiger partial charge in [-0.25, -0.2) is 8.42 Å². The average Bonchev–Trinajstić information content (AvgIpc) is 2.87. The van der Waals surface area contributed by atoms with E-state index < -0.39 is 10.0 Å². The van der Waals surface area contributed by atoms with Crippen LogP contribution in [0.1, 0.15) is 15.9 Å². The van der Waals surface area contributed by atoms with Gasteiger partial charge in [0.1, 0.15) is 13.2 Å². The third-order valence-corrected chi connectivity index (χ3v) is 7.14. The quantitative estimate of drug-likeness (QED) is 0.426. The largest absolute Gasteiger partial charge is 0.486 e. The van der Waals surface area contributed by atoms with Crippen molar-refractivity contribution in [2.45, 2.75) is 11.4 Å². The molecule has 1 aliphatic rings. The van der Waals surface area contributed by atoms with Crippen molar-refractivity contribution in [1.82, 2.24) is 4.90 Å². The Labute approximate surface area is 204 Å². The molecule has 0 aromatic heterocycles. The number of hydrogen-bond donors (Lipinski definition) is 1. The van der Waals surface area contributed by atoms with Gasteiger partial charge in [0.15, 0.2) is 11.5 Å². The standard InChI is InChI=1S/C27H24N2O5S/c1-29(18-19-9-10-20-5-2-3-6-21(20)15-19)27(30)22-7-4-8-23(16-22)28-35(31,32)24-11-12-25-26(17-24)34-14-13-33-25/h2-12,15-17,28H,13-14,18H2,1H3. The Balaban J connectivity index is 1.31. The Morgan fingerprint density at radius 1 is 0.857 bits per heavy atom. The molecule has 4 aromatic carbocycles. The maximum absolute atomic E-state index is 13.1. The molecular weight excluding hydrogens is 464 g/mol. The summed E-state index contributed by atoms with van der Waals surface area (Å²) in [5.74, 6) is 0.689. The van der Waals surface area contributed by atoms with Gasteiger partial charge in [-0.15, -0.1) is 0 Å². The van der Waals surface area contributed by atoms with Gasteiger partial charge in [0.25, 0.3) is 15.9 Å². The summed E-state index contributed by atoms with van der Waals surface area (Å²) in [6.07, 6.45) is 0. The van der Waals surface area contributed by atoms with Crippen molar-refractivity contribution in [3.8, 4) is 11.5 Å². The lowest BCUT2D eigenvalue weighted by Crippen LogP contribution is -2.26. The monoisotopic (exact) mass is 488 g/mol. The molecule has 1 N–H and O–H groups in total. The zero-order valence-electron chi connectivity index (χ0n) is 19.1. The van der Waals surface area contributed by atoms with Crippen LogP contribution in [0, 0.1) is 0 Å². The number of ether oxygens (including phenoxy) is 2. The van der Waals surface area contributed by atoms with E-state index in [0.717, 1.165) is 16.3 Å². The van der Waals surface area contributed by atoms with E-state index in [0.29, 0.717) is 42.5 Å². The molecule has 0 fully saturated rings. The number of carbonyl (C=O) groups is 1. The molecule has 0 spiro atoms. The van der Waals surface area contributed by atoms with Crippen molar-refractivity contribution in [3.05, 3.63) is 96.1 Å². The second-order valence-corrected chi connectivity index (χ2v) is 10.0. The zero-order chi connectivity index (χ0) is 24.4. The third-order valence-electron chi connectivity index (χ3n) is 5.77. The number of hydrogen-bond acceptors (Lipinski definition) is 5. The van der Waals surface area contributed by atoms with Gasteiger partial charge < -0.3 is 14.4 Å². The summed E-state index contributed by atoms with van der Waals surface area (Å²) in [5.41, 5.74) is 1.69. The van der Waals surface area contributed by atoms with Crippen LogP contribution in [0.2, 0.25) is 0 Å². The molecule has 8 heteroatoms. The summed E-state index contributed by atoms with van der Waals surface area (Å²) in [7, 11) is -2.16. The Bertz CT molecular complexity index is 1520. The van der Waals surface area contributed by atoms with E-state index in [1.165, 1.54) is 18.2 Å². The number of fused-ring (bicyclic) bond motifs is 2. The van der Waals surface area contributed by atoms with Crippen LogP contribution in [-0.2, 0) is 16.6 Å². The number of rotatable bonds is 6. The highest BCUT2D eigenvalue weighted by molar-refractivity contribution is 7.92. The molecule has 4 aromatic rings. The zero-order valence-corrected chi connectivity index (χ0v) is 19.9. The van der Waals surface area contributed by atoms with Crippen molar-refractivity contribution in [2.24, 2.45) is 0 Å². The molecule has 0 radical (unpaired) electrons. The predicted molar refractivity (Wildman–Crippen MR) is 134 cm³/mol. The van der Waals surface area contributed by atoms with Crippen LogP contribution in [-0.4, -0.2) is 39.5 Å². The summed E-state index contributed by atoms with van der Waals surface area (Å²) in [4.78, 5) is 14.7. The van der Waals surface area contributed by atoms with Gasteiger partial charge in [-0.3, -0.25) is 9.52 Å². The van der Waals surface area contributed by atoms with E-state index in [4.69, 9.17) is 9.47 Å². The SMILES string of the molecule is CN(Cc1ccc2ccccc2c1)C(=O)c1cccc(NS(=O)(=O)c2ccc3c(c2)OCCO3)c1. The minimum atomic E-state index is -3.89. The first-order valence-electron chi connectivity index (χ1n) is 11.1. The lowest BCUT2D eigenvalue weighted by Gasteiger charge is -2.19. The van der Waals surface area contributed by atoms with Gasteiger partial charge in [-0.2, -0.15) is 0 Å². The fraction of sp³-hybridized carbons (Fsp3) is 0.148. The van der Waals surface area contributed by atoms with E-state index in [2.05, 4.69) is 10.8 Å². The van der Waals surface area contributed by atoms with E-state index in [1.807, 2.05) is 36.4 Å². The predicted octanol–water partition coefficient (Wildman–Crippen LogP) is 4.68. The molecule has 0 aliphatic carbocycles. The highest BCUT2D eigenvalue weighted by Crippen LogP contribution is 2.32. The fourth-order valence-electron chi connectivity index (χ4n) is 4.02. The van der Waals surface area contributed by atoms with Crippen LogP contribution in [0.4, 0.5) is 5.69 Å². The number of carbonyl (C=O) groups excluding carboxylic acids is 1. The number of amides is 1. The van der Waals surface area contributed by atoms with Gasteiger partial charge >= 0.3 is 0 Å². The smallest absolute Gasteiger partial charge is 0.262 e. The minimum Gasteiger partial charge on any atom is -0.486 e. The molecule has 0 saturated heterocycles. The van der Waals surface area contributed by atoms with Crippen molar-refractivity contribution in [1.29, 1.82) is 0 Å². The van der Waals surface area contributed by atoms with Crippen molar-refractivity contribution in [3.63, 3.8) is 0 Å². The molecule has 7 nitrogen and oxygen atoms in total. The van der Waals surface area contributed by atoms with Gasteiger partial charge in [0.2, 0.25) is 0 Å². The Morgan fingerprint density at radius 2 is 1.63 bits per heavy atom. The Hall–Kier alpha value is -4.04. The third kappa shape index (κ3) is 4.93. The first-order chi connectivity index (χ1) is 16.9. The van der Waals surface area contributed by atoms with Crippen molar-refractivity contribution in [2.75, 3.05) is 25.0 Å². The minimum absolute atomic E-state index is 0.0481. The summed E-state index contributed by atoms with van der Waals surface area (Å²) >= 11 is 0.